The molecule has 0 aliphatic carbocycles. The molecule has 2 heterocycles. The molecule has 0 spiro atoms. The SMILES string of the molecule is CC(OC(=O)CNS(=O)(=O)c1cccc(C(F)(F)F)c1)c1nnc(-c2cccs2)o1. The van der Waals surface area contributed by atoms with E-state index in [9.17, 15) is 26.4 Å². The van der Waals surface area contributed by atoms with Crippen LogP contribution in [0.25, 0.3) is 10.8 Å². The molecule has 8 nitrogen and oxygen atoms in total. The van der Waals surface area contributed by atoms with Gasteiger partial charge in [-0.25, -0.2) is 8.42 Å². The van der Waals surface area contributed by atoms with Crippen molar-refractivity contribution < 1.29 is 35.5 Å². The third-order valence-electron chi connectivity index (χ3n) is 3.71. The second kappa shape index (κ2) is 8.53. The van der Waals surface area contributed by atoms with Crippen LogP contribution in [-0.2, 0) is 25.7 Å². The number of sulfonamides is 1. The van der Waals surface area contributed by atoms with Crippen LogP contribution in [0.5, 0.6) is 0 Å². The molecular formula is C17H14F3N3O5S2. The van der Waals surface area contributed by atoms with Crippen molar-refractivity contribution in [3.05, 3.63) is 53.2 Å². The largest absolute Gasteiger partial charge is 0.452 e. The van der Waals surface area contributed by atoms with Gasteiger partial charge in [0, 0.05) is 0 Å². The standard InChI is InChI=1S/C17H14F3N3O5S2/c1-10(15-22-23-16(28-15)13-6-3-7-29-13)27-14(24)9-21-30(25,26)12-5-2-4-11(8-12)17(18,19)20/h2-8,10,21H,9H2,1H3. The summed E-state index contributed by atoms with van der Waals surface area (Å²) in [4.78, 5) is 12.0. The molecule has 3 rings (SSSR count). The number of nitrogens with zero attached hydrogens (tertiary/aromatic N) is 2. The van der Waals surface area contributed by atoms with Gasteiger partial charge in [0.15, 0.2) is 6.10 Å². The Morgan fingerprint density at radius 2 is 2.03 bits per heavy atom. The first-order valence-electron chi connectivity index (χ1n) is 8.30. The molecule has 0 aliphatic rings. The maximum atomic E-state index is 12.8. The second-order valence-corrected chi connectivity index (χ2v) is 8.62. The minimum absolute atomic E-state index is 0.00693. The molecule has 3 aromatic rings. The normalized spacial score (nSPS) is 13.2. The quantitative estimate of drug-likeness (QED) is 0.537. The van der Waals surface area contributed by atoms with E-state index in [4.69, 9.17) is 9.15 Å². The number of thiophene rings is 1. The average Bonchev–Trinajstić information content (AvgIpc) is 3.37. The number of ether oxygens (including phenoxy) is 1. The van der Waals surface area contributed by atoms with E-state index in [0.29, 0.717) is 6.07 Å². The van der Waals surface area contributed by atoms with E-state index in [1.807, 2.05) is 10.1 Å². The first-order chi connectivity index (χ1) is 14.1. The van der Waals surface area contributed by atoms with Gasteiger partial charge in [-0.15, -0.1) is 21.5 Å². The fraction of sp³-hybridized carbons (Fsp3) is 0.235. The molecule has 1 unspecified atom stereocenters. The summed E-state index contributed by atoms with van der Waals surface area (Å²) in [6.45, 7) is 0.653. The molecule has 160 valence electrons. The molecule has 13 heteroatoms. The summed E-state index contributed by atoms with van der Waals surface area (Å²) in [5, 5.41) is 9.44. The minimum Gasteiger partial charge on any atom is -0.452 e. The van der Waals surface area contributed by atoms with Gasteiger partial charge in [-0.2, -0.15) is 17.9 Å². The lowest BCUT2D eigenvalue weighted by Crippen LogP contribution is -2.31. The highest BCUT2D eigenvalue weighted by Gasteiger charge is 2.31. The number of hydrogen-bond donors (Lipinski definition) is 1. The number of esters is 1. The van der Waals surface area contributed by atoms with Gasteiger partial charge in [0.25, 0.3) is 11.8 Å². The summed E-state index contributed by atoms with van der Waals surface area (Å²) in [5.41, 5.74) is -1.13. The van der Waals surface area contributed by atoms with Crippen molar-refractivity contribution in [3.63, 3.8) is 0 Å². The van der Waals surface area contributed by atoms with Crippen LogP contribution in [0, 0.1) is 0 Å². The highest BCUT2D eigenvalue weighted by molar-refractivity contribution is 7.89. The van der Waals surface area contributed by atoms with Crippen molar-refractivity contribution in [1.29, 1.82) is 0 Å². The zero-order valence-electron chi connectivity index (χ0n) is 15.2. The van der Waals surface area contributed by atoms with Crippen LogP contribution >= 0.6 is 11.3 Å². The molecule has 1 N–H and O–H groups in total. The summed E-state index contributed by atoms with van der Waals surface area (Å²) < 4.78 is 75.0. The van der Waals surface area contributed by atoms with Crippen LogP contribution in [-0.4, -0.2) is 31.1 Å². The average molecular weight is 461 g/mol. The summed E-state index contributed by atoms with van der Waals surface area (Å²) in [5.74, 6) is -0.727. The highest BCUT2D eigenvalue weighted by Crippen LogP contribution is 2.30. The number of nitrogens with one attached hydrogen (secondary N) is 1. The lowest BCUT2D eigenvalue weighted by atomic mass is 10.2. The highest BCUT2D eigenvalue weighted by atomic mass is 32.2. The molecule has 0 radical (unpaired) electrons. The number of carbonyl (C=O) groups is 1. The van der Waals surface area contributed by atoms with Crippen molar-refractivity contribution in [3.8, 4) is 10.8 Å². The van der Waals surface area contributed by atoms with E-state index in [-0.39, 0.29) is 11.8 Å². The molecule has 0 saturated carbocycles. The van der Waals surface area contributed by atoms with Crippen LogP contribution in [0.3, 0.4) is 0 Å². The van der Waals surface area contributed by atoms with Crippen molar-refractivity contribution in [1.82, 2.24) is 14.9 Å². The summed E-state index contributed by atoms with van der Waals surface area (Å²) in [6.07, 6.45) is -5.66. The van der Waals surface area contributed by atoms with E-state index in [0.717, 1.165) is 23.1 Å². The van der Waals surface area contributed by atoms with Gasteiger partial charge in [0.2, 0.25) is 10.0 Å². The van der Waals surface area contributed by atoms with Gasteiger partial charge in [0.05, 0.1) is 15.3 Å². The molecule has 0 fully saturated rings. The van der Waals surface area contributed by atoms with Crippen molar-refractivity contribution in [2.45, 2.75) is 24.1 Å². The van der Waals surface area contributed by atoms with Crippen LogP contribution < -0.4 is 4.72 Å². The van der Waals surface area contributed by atoms with Crippen LogP contribution in [0.1, 0.15) is 24.5 Å². The minimum atomic E-state index is -4.70. The molecule has 0 amide bonds. The Morgan fingerprint density at radius 1 is 1.27 bits per heavy atom. The van der Waals surface area contributed by atoms with Crippen molar-refractivity contribution in [2.75, 3.05) is 6.54 Å². The maximum Gasteiger partial charge on any atom is 0.416 e. The number of halogens is 3. The molecule has 0 aliphatic heterocycles. The Bertz CT molecular complexity index is 1130. The summed E-state index contributed by atoms with van der Waals surface area (Å²) >= 11 is 1.38. The predicted molar refractivity (Wildman–Crippen MR) is 98.8 cm³/mol. The molecule has 1 atom stereocenters. The molecule has 1 aromatic carbocycles. The Morgan fingerprint density at radius 3 is 2.70 bits per heavy atom. The number of carbonyl (C=O) groups excluding carboxylic acids is 1. The number of aromatic nitrogens is 2. The zero-order valence-corrected chi connectivity index (χ0v) is 16.8. The van der Waals surface area contributed by atoms with E-state index < -0.39 is 45.3 Å². The Balaban J connectivity index is 1.60. The number of alkyl halides is 3. The monoisotopic (exact) mass is 461 g/mol. The van der Waals surface area contributed by atoms with Crippen LogP contribution in [0.4, 0.5) is 13.2 Å². The van der Waals surface area contributed by atoms with E-state index >= 15 is 0 Å². The van der Waals surface area contributed by atoms with Crippen LogP contribution in [0.15, 0.2) is 51.1 Å². The smallest absolute Gasteiger partial charge is 0.416 e. The fourth-order valence-corrected chi connectivity index (χ4v) is 3.92. The zero-order chi connectivity index (χ0) is 21.9. The van der Waals surface area contributed by atoms with Gasteiger partial charge in [0.1, 0.15) is 6.54 Å². The maximum absolute atomic E-state index is 12.8. The molecule has 30 heavy (non-hydrogen) atoms. The molecular weight excluding hydrogens is 447 g/mol. The van der Waals surface area contributed by atoms with Gasteiger partial charge in [-0.3, -0.25) is 4.79 Å². The van der Waals surface area contributed by atoms with Crippen LogP contribution in [0.2, 0.25) is 0 Å². The first kappa shape index (κ1) is 21.9. The van der Waals surface area contributed by atoms with Gasteiger partial charge < -0.3 is 9.15 Å². The molecule has 2 aromatic heterocycles. The number of benzene rings is 1. The lowest BCUT2D eigenvalue weighted by molar-refractivity contribution is -0.148. The topological polar surface area (TPSA) is 111 Å². The predicted octanol–water partition coefficient (Wildman–Crippen LogP) is 3.40. The van der Waals surface area contributed by atoms with Gasteiger partial charge in [-0.05, 0) is 36.6 Å². The molecule has 0 bridgehead atoms. The fourth-order valence-electron chi connectivity index (χ4n) is 2.26. The van der Waals surface area contributed by atoms with Gasteiger partial charge in [-0.1, -0.05) is 12.1 Å². The number of rotatable bonds is 7. The molecule has 0 saturated heterocycles. The first-order valence-corrected chi connectivity index (χ1v) is 10.7. The Hall–Kier alpha value is -2.77. The third kappa shape index (κ3) is 5.23. The third-order valence-corrected chi connectivity index (χ3v) is 5.96. The summed E-state index contributed by atoms with van der Waals surface area (Å²) in [7, 11) is -4.36. The Kier molecular flexibility index (Phi) is 6.24. The van der Waals surface area contributed by atoms with E-state index in [2.05, 4.69) is 10.2 Å². The number of hydrogen-bond acceptors (Lipinski definition) is 8. The summed E-state index contributed by atoms with van der Waals surface area (Å²) in [6, 6.07) is 6.71. The van der Waals surface area contributed by atoms with Crippen molar-refractivity contribution in [2.24, 2.45) is 0 Å². The van der Waals surface area contributed by atoms with Gasteiger partial charge >= 0.3 is 12.1 Å². The van der Waals surface area contributed by atoms with E-state index in [1.54, 1.807) is 12.1 Å². The Labute approximate surface area is 172 Å². The lowest BCUT2D eigenvalue weighted by Gasteiger charge is -2.12. The van der Waals surface area contributed by atoms with Crippen molar-refractivity contribution >= 4 is 27.3 Å². The second-order valence-electron chi connectivity index (χ2n) is 5.90. The van der Waals surface area contributed by atoms with E-state index in [1.165, 1.54) is 18.3 Å².